The van der Waals surface area contributed by atoms with Crippen molar-refractivity contribution in [2.75, 3.05) is 11.9 Å². The lowest BCUT2D eigenvalue weighted by Gasteiger charge is -2.10. The van der Waals surface area contributed by atoms with Crippen molar-refractivity contribution in [2.24, 2.45) is 7.05 Å². The molecule has 0 amide bonds. The molecule has 0 unspecified atom stereocenters. The Hall–Kier alpha value is -1.43. The van der Waals surface area contributed by atoms with Crippen LogP contribution < -0.4 is 5.32 Å². The summed E-state index contributed by atoms with van der Waals surface area (Å²) in [6.07, 6.45) is 2.81. The molecule has 2 aromatic heterocycles. The van der Waals surface area contributed by atoms with E-state index in [9.17, 15) is 0 Å². The van der Waals surface area contributed by atoms with E-state index in [1.54, 1.807) is 4.68 Å². The van der Waals surface area contributed by atoms with Gasteiger partial charge < -0.3 is 5.32 Å². The van der Waals surface area contributed by atoms with Crippen LogP contribution in [0.2, 0.25) is 0 Å². The summed E-state index contributed by atoms with van der Waals surface area (Å²) >= 11 is 3.56. The maximum Gasteiger partial charge on any atom is 0.165 e. The van der Waals surface area contributed by atoms with E-state index in [1.807, 2.05) is 20.2 Å². The van der Waals surface area contributed by atoms with Gasteiger partial charge in [-0.2, -0.15) is 5.10 Å². The monoisotopic (exact) mass is 323 g/mol. The van der Waals surface area contributed by atoms with E-state index in [0.29, 0.717) is 0 Å². The van der Waals surface area contributed by atoms with E-state index in [-0.39, 0.29) is 0 Å². The molecule has 0 aliphatic heterocycles. The molecular weight excluding hydrogens is 306 g/mol. The second-order valence-electron chi connectivity index (χ2n) is 4.34. The predicted molar refractivity (Wildman–Crippen MR) is 80.2 cm³/mol. The van der Waals surface area contributed by atoms with Gasteiger partial charge in [0, 0.05) is 19.8 Å². The lowest BCUT2D eigenvalue weighted by Crippen LogP contribution is -2.06. The van der Waals surface area contributed by atoms with Crippen molar-refractivity contribution in [3.05, 3.63) is 22.1 Å². The van der Waals surface area contributed by atoms with Crippen molar-refractivity contribution in [1.82, 2.24) is 19.7 Å². The summed E-state index contributed by atoms with van der Waals surface area (Å²) in [5.74, 6) is 1.56. The van der Waals surface area contributed by atoms with Crippen molar-refractivity contribution in [3.63, 3.8) is 0 Å². The van der Waals surface area contributed by atoms with Crippen molar-refractivity contribution in [2.45, 2.75) is 27.2 Å². The van der Waals surface area contributed by atoms with Gasteiger partial charge in [0.25, 0.3) is 0 Å². The fourth-order valence-electron chi connectivity index (χ4n) is 1.95. The van der Waals surface area contributed by atoms with Gasteiger partial charge in [0.1, 0.15) is 5.82 Å². The van der Waals surface area contributed by atoms with Crippen LogP contribution in [0, 0.1) is 6.92 Å². The highest BCUT2D eigenvalue weighted by Gasteiger charge is 2.15. The van der Waals surface area contributed by atoms with Gasteiger partial charge >= 0.3 is 0 Å². The van der Waals surface area contributed by atoms with Crippen molar-refractivity contribution >= 4 is 21.7 Å². The third-order valence-electron chi connectivity index (χ3n) is 2.85. The van der Waals surface area contributed by atoms with Crippen molar-refractivity contribution in [1.29, 1.82) is 0 Å². The summed E-state index contributed by atoms with van der Waals surface area (Å²) in [6, 6.07) is 0. The minimum absolute atomic E-state index is 0.724. The largest absolute Gasteiger partial charge is 0.369 e. The Labute approximate surface area is 121 Å². The summed E-state index contributed by atoms with van der Waals surface area (Å²) in [4.78, 5) is 9.22. The summed E-state index contributed by atoms with van der Waals surface area (Å²) < 4.78 is 2.73. The number of halogens is 1. The first-order chi connectivity index (χ1) is 9.06. The number of nitrogens with zero attached hydrogens (tertiary/aromatic N) is 4. The maximum atomic E-state index is 4.63. The topological polar surface area (TPSA) is 55.6 Å². The third-order valence-corrected chi connectivity index (χ3v) is 3.69. The molecule has 0 aliphatic carbocycles. The van der Waals surface area contributed by atoms with Crippen molar-refractivity contribution in [3.8, 4) is 11.4 Å². The second-order valence-corrected chi connectivity index (χ2v) is 5.14. The molecular formula is C13H18BrN5. The molecule has 2 aromatic rings. The SMILES string of the molecule is CCNc1nc(-c2cn(C)nc2C)nc(CC)c1Br. The molecule has 19 heavy (non-hydrogen) atoms. The Morgan fingerprint density at radius 3 is 2.58 bits per heavy atom. The van der Waals surface area contributed by atoms with Crippen LogP contribution in [0.1, 0.15) is 25.2 Å². The quantitative estimate of drug-likeness (QED) is 0.939. The normalized spacial score (nSPS) is 10.8. The molecule has 0 radical (unpaired) electrons. The first kappa shape index (κ1) is 14.0. The van der Waals surface area contributed by atoms with Crippen LogP contribution in [0.15, 0.2) is 10.7 Å². The maximum absolute atomic E-state index is 4.63. The zero-order valence-corrected chi connectivity index (χ0v) is 13.2. The fourth-order valence-corrected chi connectivity index (χ4v) is 2.55. The van der Waals surface area contributed by atoms with E-state index in [0.717, 1.165) is 46.0 Å². The molecule has 0 aromatic carbocycles. The molecule has 2 rings (SSSR count). The molecule has 0 atom stereocenters. The van der Waals surface area contributed by atoms with Gasteiger partial charge in [-0.1, -0.05) is 6.92 Å². The van der Waals surface area contributed by atoms with Gasteiger partial charge in [0.15, 0.2) is 5.82 Å². The van der Waals surface area contributed by atoms with E-state index in [1.165, 1.54) is 0 Å². The minimum atomic E-state index is 0.724. The summed E-state index contributed by atoms with van der Waals surface area (Å²) in [5.41, 5.74) is 2.92. The number of nitrogens with one attached hydrogen (secondary N) is 1. The molecule has 0 spiro atoms. The number of aryl methyl sites for hydroxylation is 3. The average molecular weight is 324 g/mol. The predicted octanol–water partition coefficient (Wildman–Crippen LogP) is 2.94. The van der Waals surface area contributed by atoms with Gasteiger partial charge in [-0.05, 0) is 36.2 Å². The first-order valence-corrected chi connectivity index (χ1v) is 7.17. The van der Waals surface area contributed by atoms with Gasteiger partial charge in [-0.3, -0.25) is 4.68 Å². The van der Waals surface area contributed by atoms with E-state index >= 15 is 0 Å². The van der Waals surface area contributed by atoms with Gasteiger partial charge in [0.05, 0.1) is 21.4 Å². The molecule has 0 saturated heterocycles. The van der Waals surface area contributed by atoms with Crippen LogP contribution in [0.25, 0.3) is 11.4 Å². The van der Waals surface area contributed by atoms with Crippen LogP contribution in [0.3, 0.4) is 0 Å². The Kier molecular flexibility index (Phi) is 4.19. The van der Waals surface area contributed by atoms with Crippen molar-refractivity contribution < 1.29 is 0 Å². The number of rotatable bonds is 4. The molecule has 5 nitrogen and oxygen atoms in total. The second kappa shape index (κ2) is 5.69. The lowest BCUT2D eigenvalue weighted by atomic mass is 10.2. The summed E-state index contributed by atoms with van der Waals surface area (Å²) in [5, 5.41) is 7.61. The summed E-state index contributed by atoms with van der Waals surface area (Å²) in [6.45, 7) is 6.93. The molecule has 0 aliphatic rings. The molecule has 1 N–H and O–H groups in total. The third kappa shape index (κ3) is 2.78. The van der Waals surface area contributed by atoms with E-state index in [2.05, 4.69) is 50.2 Å². The first-order valence-electron chi connectivity index (χ1n) is 6.37. The molecule has 2 heterocycles. The lowest BCUT2D eigenvalue weighted by molar-refractivity contribution is 0.756. The van der Waals surface area contributed by atoms with Crippen LogP contribution in [-0.4, -0.2) is 26.3 Å². The van der Waals surface area contributed by atoms with E-state index in [4.69, 9.17) is 0 Å². The molecule has 0 bridgehead atoms. The highest BCUT2D eigenvalue weighted by molar-refractivity contribution is 9.10. The highest BCUT2D eigenvalue weighted by atomic mass is 79.9. The van der Waals surface area contributed by atoms with Gasteiger partial charge in [-0.25, -0.2) is 9.97 Å². The van der Waals surface area contributed by atoms with Crippen LogP contribution >= 0.6 is 15.9 Å². The molecule has 6 heteroatoms. The minimum Gasteiger partial charge on any atom is -0.369 e. The smallest absolute Gasteiger partial charge is 0.165 e. The number of anilines is 1. The zero-order valence-electron chi connectivity index (χ0n) is 11.7. The van der Waals surface area contributed by atoms with Crippen LogP contribution in [0.5, 0.6) is 0 Å². The van der Waals surface area contributed by atoms with Crippen LogP contribution in [0.4, 0.5) is 5.82 Å². The fraction of sp³-hybridized carbons (Fsp3) is 0.462. The number of hydrogen-bond acceptors (Lipinski definition) is 4. The van der Waals surface area contributed by atoms with Gasteiger partial charge in [0.2, 0.25) is 0 Å². The molecule has 0 fully saturated rings. The standard InChI is InChI=1S/C13H18BrN5/c1-5-10-11(14)13(15-6-2)17-12(16-10)9-7-19(4)18-8(9)3/h7H,5-6H2,1-4H3,(H,15,16,17). The van der Waals surface area contributed by atoms with Gasteiger partial charge in [-0.15, -0.1) is 0 Å². The molecule has 102 valence electrons. The number of hydrogen-bond donors (Lipinski definition) is 1. The summed E-state index contributed by atoms with van der Waals surface area (Å²) in [7, 11) is 1.90. The zero-order chi connectivity index (χ0) is 14.0. The highest BCUT2D eigenvalue weighted by Crippen LogP contribution is 2.28. The average Bonchev–Trinajstić information content (AvgIpc) is 2.71. The van der Waals surface area contributed by atoms with Crippen LogP contribution in [-0.2, 0) is 13.5 Å². The number of aromatic nitrogens is 4. The Balaban J connectivity index is 2.57. The Morgan fingerprint density at radius 2 is 2.05 bits per heavy atom. The Bertz CT molecular complexity index is 591. The molecule has 0 saturated carbocycles. The Morgan fingerprint density at radius 1 is 1.32 bits per heavy atom. The van der Waals surface area contributed by atoms with E-state index < -0.39 is 0 Å².